The first kappa shape index (κ1) is 14.4. The van der Waals surface area contributed by atoms with Crippen molar-refractivity contribution < 1.29 is 19.1 Å². The second-order valence-electron chi connectivity index (χ2n) is 3.24. The molecule has 0 aliphatic heterocycles. The molecule has 2 N–H and O–H groups in total. The van der Waals surface area contributed by atoms with Crippen LogP contribution in [-0.4, -0.2) is 29.4 Å². The third kappa shape index (κ3) is 5.44. The number of hydrogen-bond donors (Lipinski definition) is 2. The fourth-order valence-corrected chi connectivity index (χ4v) is 1.06. The Bertz CT molecular complexity index is 485. The summed E-state index contributed by atoms with van der Waals surface area (Å²) < 4.78 is 4.58. The summed E-state index contributed by atoms with van der Waals surface area (Å²) in [4.78, 5) is 37.5. The number of carbonyl (C=O) groups excluding carboxylic acids is 3. The van der Waals surface area contributed by atoms with Gasteiger partial charge in [-0.3, -0.25) is 25.4 Å². The summed E-state index contributed by atoms with van der Waals surface area (Å²) in [6.45, 7) is 1.88. The number of aromatic nitrogens is 1. The lowest BCUT2D eigenvalue weighted by molar-refractivity contribution is -0.137. The quantitative estimate of drug-likeness (QED) is 0.451. The summed E-state index contributed by atoms with van der Waals surface area (Å²) in [6.07, 6.45) is 3.37. The van der Waals surface area contributed by atoms with E-state index in [0.29, 0.717) is 0 Å². The van der Waals surface area contributed by atoms with Crippen molar-refractivity contribution in [3.05, 3.63) is 42.2 Å². The van der Waals surface area contributed by atoms with E-state index in [1.54, 1.807) is 19.1 Å². The van der Waals surface area contributed by atoms with Crippen molar-refractivity contribution in [2.45, 2.75) is 6.92 Å². The Hall–Kier alpha value is -2.70. The van der Waals surface area contributed by atoms with Gasteiger partial charge in [0.25, 0.3) is 11.8 Å². The number of nitrogens with zero attached hydrogens (tertiary/aromatic N) is 1. The number of esters is 1. The predicted octanol–water partition coefficient (Wildman–Crippen LogP) is -0.0381. The van der Waals surface area contributed by atoms with Crippen LogP contribution in [0.5, 0.6) is 0 Å². The maximum atomic E-state index is 11.5. The van der Waals surface area contributed by atoms with Crippen LogP contribution in [-0.2, 0) is 14.3 Å². The minimum absolute atomic E-state index is 0.164. The number of ether oxygens (including phenoxy) is 1. The van der Waals surface area contributed by atoms with Crippen LogP contribution in [0.4, 0.5) is 0 Å². The number of rotatable bonds is 4. The highest BCUT2D eigenvalue weighted by Crippen LogP contribution is 1.91. The van der Waals surface area contributed by atoms with E-state index in [2.05, 4.69) is 20.6 Å². The summed E-state index contributed by atoms with van der Waals surface area (Å²) in [7, 11) is 0. The zero-order valence-electron chi connectivity index (χ0n) is 10.3. The molecule has 19 heavy (non-hydrogen) atoms. The van der Waals surface area contributed by atoms with E-state index >= 15 is 0 Å². The van der Waals surface area contributed by atoms with Crippen LogP contribution in [0, 0.1) is 0 Å². The van der Waals surface area contributed by atoms with Crippen LogP contribution in [0.2, 0.25) is 0 Å². The number of carbonyl (C=O) groups is 3. The maximum absolute atomic E-state index is 11.5. The van der Waals surface area contributed by atoms with Crippen molar-refractivity contribution in [1.82, 2.24) is 15.8 Å². The van der Waals surface area contributed by atoms with Gasteiger partial charge in [0, 0.05) is 18.3 Å². The van der Waals surface area contributed by atoms with E-state index in [4.69, 9.17) is 0 Å². The summed E-state index contributed by atoms with van der Waals surface area (Å²) in [6, 6.07) is 4.80. The van der Waals surface area contributed by atoms with Gasteiger partial charge in [0.1, 0.15) is 5.69 Å². The Labute approximate surface area is 109 Å². The van der Waals surface area contributed by atoms with E-state index in [-0.39, 0.29) is 12.3 Å². The largest absolute Gasteiger partial charge is 0.463 e. The summed E-state index contributed by atoms with van der Waals surface area (Å²) >= 11 is 0. The summed E-state index contributed by atoms with van der Waals surface area (Å²) in [5.41, 5.74) is 4.42. The van der Waals surface area contributed by atoms with E-state index in [0.717, 1.165) is 12.2 Å². The van der Waals surface area contributed by atoms with Crippen LogP contribution < -0.4 is 10.9 Å². The number of pyridine rings is 1. The van der Waals surface area contributed by atoms with Crippen molar-refractivity contribution in [1.29, 1.82) is 0 Å². The van der Waals surface area contributed by atoms with E-state index in [9.17, 15) is 14.4 Å². The molecule has 1 aromatic heterocycles. The fourth-order valence-electron chi connectivity index (χ4n) is 1.06. The smallest absolute Gasteiger partial charge is 0.330 e. The third-order valence-electron chi connectivity index (χ3n) is 1.85. The zero-order valence-corrected chi connectivity index (χ0v) is 10.3. The molecule has 7 heteroatoms. The van der Waals surface area contributed by atoms with Gasteiger partial charge < -0.3 is 4.74 Å². The molecule has 0 radical (unpaired) electrons. The van der Waals surface area contributed by atoms with Crippen molar-refractivity contribution >= 4 is 17.8 Å². The third-order valence-corrected chi connectivity index (χ3v) is 1.85. The Morgan fingerprint density at radius 2 is 2.05 bits per heavy atom. The molecule has 100 valence electrons. The van der Waals surface area contributed by atoms with E-state index in [1.807, 2.05) is 0 Å². The van der Waals surface area contributed by atoms with Crippen molar-refractivity contribution in [3.63, 3.8) is 0 Å². The lowest BCUT2D eigenvalue weighted by atomic mass is 10.3. The average Bonchev–Trinajstić information content (AvgIpc) is 2.44. The molecular formula is C12H13N3O4. The van der Waals surface area contributed by atoms with Crippen molar-refractivity contribution in [3.8, 4) is 0 Å². The molecule has 1 aromatic rings. The van der Waals surface area contributed by atoms with Crippen molar-refractivity contribution in [2.24, 2.45) is 0 Å². The van der Waals surface area contributed by atoms with Gasteiger partial charge in [-0.15, -0.1) is 0 Å². The molecule has 0 aliphatic rings. The van der Waals surface area contributed by atoms with Gasteiger partial charge in [-0.25, -0.2) is 4.79 Å². The van der Waals surface area contributed by atoms with Gasteiger partial charge in [0.15, 0.2) is 0 Å². The van der Waals surface area contributed by atoms with E-state index in [1.165, 1.54) is 12.3 Å². The Balaban J connectivity index is 2.39. The van der Waals surface area contributed by atoms with Crippen LogP contribution in [0.15, 0.2) is 36.5 Å². The molecule has 1 rings (SSSR count). The summed E-state index contributed by atoms with van der Waals surface area (Å²) in [5.74, 6) is -1.84. The molecule has 1 heterocycles. The molecule has 7 nitrogen and oxygen atoms in total. The fraction of sp³-hybridized carbons (Fsp3) is 0.167. The van der Waals surface area contributed by atoms with Gasteiger partial charge in [-0.1, -0.05) is 6.07 Å². The minimum atomic E-state index is -0.655. The van der Waals surface area contributed by atoms with Gasteiger partial charge >= 0.3 is 5.97 Å². The molecule has 0 spiro atoms. The average molecular weight is 263 g/mol. The van der Waals surface area contributed by atoms with Gasteiger partial charge in [0.2, 0.25) is 0 Å². The molecule has 0 aliphatic carbocycles. The van der Waals surface area contributed by atoms with Crippen LogP contribution in [0.1, 0.15) is 17.4 Å². The topological polar surface area (TPSA) is 97.4 Å². The maximum Gasteiger partial charge on any atom is 0.330 e. The Morgan fingerprint density at radius 3 is 2.68 bits per heavy atom. The van der Waals surface area contributed by atoms with Crippen LogP contribution in [0.25, 0.3) is 0 Å². The molecule has 0 fully saturated rings. The highest BCUT2D eigenvalue weighted by Gasteiger charge is 2.06. The number of hydrazine groups is 1. The highest BCUT2D eigenvalue weighted by atomic mass is 16.5. The molecule has 0 saturated heterocycles. The monoisotopic (exact) mass is 263 g/mol. The van der Waals surface area contributed by atoms with Gasteiger partial charge in [0.05, 0.1) is 6.61 Å². The lowest BCUT2D eigenvalue weighted by Gasteiger charge is -2.03. The highest BCUT2D eigenvalue weighted by molar-refractivity contribution is 5.97. The summed E-state index contributed by atoms with van der Waals surface area (Å²) in [5, 5.41) is 0. The molecule has 2 amide bonds. The second kappa shape index (κ2) is 7.59. The van der Waals surface area contributed by atoms with Crippen LogP contribution >= 0.6 is 0 Å². The SMILES string of the molecule is CCOC(=O)/C=C/C(=O)NNC(=O)c1ccccn1. The first-order valence-corrected chi connectivity index (χ1v) is 5.49. The van der Waals surface area contributed by atoms with Crippen LogP contribution in [0.3, 0.4) is 0 Å². The van der Waals surface area contributed by atoms with Crippen molar-refractivity contribution in [2.75, 3.05) is 6.61 Å². The molecule has 0 atom stereocenters. The molecule has 0 unspecified atom stereocenters. The molecular weight excluding hydrogens is 250 g/mol. The lowest BCUT2D eigenvalue weighted by Crippen LogP contribution is -2.41. The Morgan fingerprint density at radius 1 is 1.26 bits per heavy atom. The minimum Gasteiger partial charge on any atom is -0.463 e. The Kier molecular flexibility index (Phi) is 5.74. The standard InChI is InChI=1S/C12H13N3O4/c1-2-19-11(17)7-6-10(16)14-15-12(18)9-5-3-4-8-13-9/h3-8H,2H2,1H3,(H,14,16)(H,15,18)/b7-6+. The second-order valence-corrected chi connectivity index (χ2v) is 3.24. The molecule has 0 bridgehead atoms. The molecule has 0 saturated carbocycles. The number of amides is 2. The zero-order chi connectivity index (χ0) is 14.1. The normalized spacial score (nSPS) is 9.95. The first-order valence-electron chi connectivity index (χ1n) is 5.49. The number of hydrogen-bond acceptors (Lipinski definition) is 5. The van der Waals surface area contributed by atoms with E-state index < -0.39 is 17.8 Å². The predicted molar refractivity (Wildman–Crippen MR) is 65.6 cm³/mol. The van der Waals surface area contributed by atoms with Gasteiger partial charge in [-0.2, -0.15) is 0 Å². The first-order chi connectivity index (χ1) is 9.13. The van der Waals surface area contributed by atoms with Gasteiger partial charge in [-0.05, 0) is 19.1 Å². The molecule has 0 aromatic carbocycles. The number of nitrogens with one attached hydrogen (secondary N) is 2.